The number of nitrogens with zero attached hydrogens (tertiary/aromatic N) is 2. The van der Waals surface area contributed by atoms with Gasteiger partial charge in [-0.1, -0.05) is 0 Å². The molecule has 0 aromatic heterocycles. The first-order valence-electron chi connectivity index (χ1n) is 3.94. The Kier molecular flexibility index (Phi) is 3.43. The number of anilines is 1. The highest BCUT2D eigenvalue weighted by Gasteiger charge is 2.23. The fourth-order valence-corrected chi connectivity index (χ4v) is 1.38. The van der Waals surface area contributed by atoms with Crippen LogP contribution in [0.1, 0.15) is 0 Å². The third-order valence-electron chi connectivity index (χ3n) is 1.86. The summed E-state index contributed by atoms with van der Waals surface area (Å²) in [6.45, 7) is 0. The van der Waals surface area contributed by atoms with Crippen molar-refractivity contribution in [3.63, 3.8) is 0 Å². The summed E-state index contributed by atoms with van der Waals surface area (Å²) in [5.41, 5.74) is -0.809. The van der Waals surface area contributed by atoms with E-state index in [9.17, 15) is 19.3 Å². The van der Waals surface area contributed by atoms with Crippen molar-refractivity contribution in [3.05, 3.63) is 32.5 Å². The summed E-state index contributed by atoms with van der Waals surface area (Å²) >= 11 is 2.79. The maximum Gasteiger partial charge on any atom is 0.411 e. The molecular weight excluding hydrogens is 287 g/mol. The number of hydrogen-bond donors (Lipinski definition) is 1. The van der Waals surface area contributed by atoms with Crippen molar-refractivity contribution in [2.75, 3.05) is 11.9 Å². The van der Waals surface area contributed by atoms with Crippen molar-refractivity contribution in [3.8, 4) is 0 Å². The molecule has 0 aliphatic rings. The van der Waals surface area contributed by atoms with E-state index in [1.165, 1.54) is 0 Å². The van der Waals surface area contributed by atoms with E-state index in [0.717, 1.165) is 19.2 Å². The van der Waals surface area contributed by atoms with Crippen molar-refractivity contribution in [2.45, 2.75) is 0 Å². The Hall–Kier alpha value is -1.70. The predicted molar refractivity (Wildman–Crippen MR) is 57.2 cm³/mol. The predicted octanol–water partition coefficient (Wildman–Crippen LogP) is 2.61. The van der Waals surface area contributed by atoms with Crippen LogP contribution in [0.15, 0.2) is 16.6 Å². The van der Waals surface area contributed by atoms with Crippen LogP contribution in [-0.2, 0) is 0 Å². The first-order valence-corrected chi connectivity index (χ1v) is 4.74. The number of carbonyl (C=O) groups is 1. The van der Waals surface area contributed by atoms with E-state index >= 15 is 0 Å². The normalized spacial score (nSPS) is 9.94. The van der Waals surface area contributed by atoms with Gasteiger partial charge in [0.05, 0.1) is 9.40 Å². The fourth-order valence-electron chi connectivity index (χ4n) is 1.04. The minimum absolute atomic E-state index is 0.0956. The molecule has 0 saturated carbocycles. The van der Waals surface area contributed by atoms with Crippen LogP contribution in [0.2, 0.25) is 0 Å². The van der Waals surface area contributed by atoms with Crippen LogP contribution in [0.3, 0.4) is 0 Å². The Balaban J connectivity index is 3.41. The van der Waals surface area contributed by atoms with Crippen LogP contribution in [0.4, 0.5) is 20.6 Å². The zero-order valence-corrected chi connectivity index (χ0v) is 9.56. The third-order valence-corrected chi connectivity index (χ3v) is 2.47. The highest BCUT2D eigenvalue weighted by atomic mass is 79.9. The molecule has 0 saturated heterocycles. The minimum Gasteiger partial charge on any atom is -0.465 e. The van der Waals surface area contributed by atoms with Gasteiger partial charge < -0.3 is 5.11 Å². The average Bonchev–Trinajstić information content (AvgIpc) is 2.19. The van der Waals surface area contributed by atoms with Crippen LogP contribution >= 0.6 is 15.9 Å². The lowest BCUT2D eigenvalue weighted by atomic mass is 10.2. The Labute approximate surface area is 97.6 Å². The van der Waals surface area contributed by atoms with Crippen LogP contribution in [0, 0.1) is 15.9 Å². The second-order valence-corrected chi connectivity index (χ2v) is 3.71. The summed E-state index contributed by atoms with van der Waals surface area (Å²) in [5.74, 6) is -0.770. The molecular formula is C8H6BrFN2O4. The van der Waals surface area contributed by atoms with Crippen LogP contribution in [0.5, 0.6) is 0 Å². The van der Waals surface area contributed by atoms with Crippen molar-refractivity contribution in [2.24, 2.45) is 0 Å². The van der Waals surface area contributed by atoms with E-state index in [1.54, 1.807) is 0 Å². The largest absolute Gasteiger partial charge is 0.465 e. The lowest BCUT2D eigenvalue weighted by Gasteiger charge is -2.13. The van der Waals surface area contributed by atoms with Crippen LogP contribution in [0.25, 0.3) is 0 Å². The number of halogens is 2. The smallest absolute Gasteiger partial charge is 0.411 e. The number of hydrogen-bond acceptors (Lipinski definition) is 3. The second-order valence-electron chi connectivity index (χ2n) is 2.85. The molecule has 86 valence electrons. The highest BCUT2D eigenvalue weighted by molar-refractivity contribution is 9.10. The van der Waals surface area contributed by atoms with E-state index in [2.05, 4.69) is 15.9 Å². The average molecular weight is 293 g/mol. The van der Waals surface area contributed by atoms with Crippen LogP contribution < -0.4 is 4.90 Å². The monoisotopic (exact) mass is 292 g/mol. The summed E-state index contributed by atoms with van der Waals surface area (Å²) in [4.78, 5) is 21.1. The van der Waals surface area contributed by atoms with Gasteiger partial charge >= 0.3 is 6.09 Å². The van der Waals surface area contributed by atoms with Gasteiger partial charge in [-0.3, -0.25) is 15.0 Å². The number of carboxylic acid groups (broad SMARTS) is 1. The SMILES string of the molecule is CN(C(=O)O)c1cc(F)c(Br)cc1[N+](=O)[O-]. The highest BCUT2D eigenvalue weighted by Crippen LogP contribution is 2.32. The first kappa shape index (κ1) is 12.4. The minimum atomic E-state index is -1.41. The third kappa shape index (κ3) is 2.27. The van der Waals surface area contributed by atoms with E-state index < -0.39 is 22.5 Å². The van der Waals surface area contributed by atoms with Crippen molar-refractivity contribution in [1.82, 2.24) is 0 Å². The molecule has 8 heteroatoms. The Morgan fingerprint density at radius 2 is 2.19 bits per heavy atom. The molecule has 0 heterocycles. The lowest BCUT2D eigenvalue weighted by Crippen LogP contribution is -2.24. The maximum atomic E-state index is 13.2. The van der Waals surface area contributed by atoms with Gasteiger partial charge in [0.15, 0.2) is 0 Å². The van der Waals surface area contributed by atoms with Crippen molar-refractivity contribution in [1.29, 1.82) is 0 Å². The molecule has 16 heavy (non-hydrogen) atoms. The van der Waals surface area contributed by atoms with E-state index in [0.29, 0.717) is 4.90 Å². The maximum absolute atomic E-state index is 13.2. The molecule has 6 nitrogen and oxygen atoms in total. The van der Waals surface area contributed by atoms with Gasteiger partial charge in [0.25, 0.3) is 5.69 Å². The van der Waals surface area contributed by atoms with Gasteiger partial charge in [-0.15, -0.1) is 0 Å². The van der Waals surface area contributed by atoms with E-state index in [-0.39, 0.29) is 10.2 Å². The molecule has 0 unspecified atom stereocenters. The molecule has 0 aliphatic heterocycles. The van der Waals surface area contributed by atoms with E-state index in [4.69, 9.17) is 5.11 Å². The van der Waals surface area contributed by atoms with Crippen molar-refractivity contribution < 1.29 is 19.2 Å². The standard InChI is InChI=1S/C8H6BrFN2O4/c1-11(8(13)14)6-3-5(10)4(9)2-7(6)12(15)16/h2-3H,1H3,(H,13,14). The number of amides is 1. The zero-order valence-electron chi connectivity index (χ0n) is 7.98. The molecule has 0 spiro atoms. The van der Waals surface area contributed by atoms with Gasteiger partial charge in [0.1, 0.15) is 11.5 Å². The summed E-state index contributed by atoms with van der Waals surface area (Å²) in [6, 6.07) is 1.71. The molecule has 1 aromatic rings. The fraction of sp³-hybridized carbons (Fsp3) is 0.125. The first-order chi connectivity index (χ1) is 7.34. The lowest BCUT2D eigenvalue weighted by molar-refractivity contribution is -0.384. The zero-order chi connectivity index (χ0) is 12.5. The number of nitro groups is 1. The second kappa shape index (κ2) is 4.44. The molecule has 0 fully saturated rings. The van der Waals surface area contributed by atoms with Crippen LogP contribution in [-0.4, -0.2) is 23.2 Å². The van der Waals surface area contributed by atoms with Gasteiger partial charge in [-0.05, 0) is 15.9 Å². The number of rotatable bonds is 2. The molecule has 0 radical (unpaired) electrons. The summed E-state index contributed by atoms with van der Waals surface area (Å²) < 4.78 is 13.1. The molecule has 1 amide bonds. The van der Waals surface area contributed by atoms with Gasteiger partial charge in [0.2, 0.25) is 0 Å². The van der Waals surface area contributed by atoms with Gasteiger partial charge in [-0.2, -0.15) is 0 Å². The molecule has 0 atom stereocenters. The number of nitro benzene ring substituents is 1. The van der Waals surface area contributed by atoms with Gasteiger partial charge in [-0.25, -0.2) is 9.18 Å². The van der Waals surface area contributed by atoms with E-state index in [1.807, 2.05) is 0 Å². The topological polar surface area (TPSA) is 83.7 Å². The Morgan fingerprint density at radius 3 is 2.62 bits per heavy atom. The molecule has 1 rings (SSSR count). The molecule has 0 bridgehead atoms. The summed E-state index contributed by atoms with van der Waals surface area (Å²) in [6.07, 6.45) is -1.41. The molecule has 1 aromatic carbocycles. The Morgan fingerprint density at radius 1 is 1.62 bits per heavy atom. The van der Waals surface area contributed by atoms with Crippen molar-refractivity contribution >= 4 is 33.4 Å². The summed E-state index contributed by atoms with van der Waals surface area (Å²) in [7, 11) is 1.10. The number of benzene rings is 1. The quantitative estimate of drug-likeness (QED) is 0.671. The molecule has 1 N–H and O–H groups in total. The van der Waals surface area contributed by atoms with Gasteiger partial charge in [0, 0.05) is 19.2 Å². The summed E-state index contributed by atoms with van der Waals surface area (Å²) in [5, 5.41) is 19.3. The molecule has 0 aliphatic carbocycles. The Bertz CT molecular complexity index is 466.